The van der Waals surface area contributed by atoms with E-state index in [9.17, 15) is 9.59 Å². The van der Waals surface area contributed by atoms with Crippen LogP contribution in [0.4, 0.5) is 11.5 Å². The SMILES string of the molecule is COc1cc2c3c(nc(=O)c4ccccc4c(=O)c3c1OC)N=C(Cl)N2. The molecular weight excluding hydrogens is 358 g/mol. The Hall–Kier alpha value is -3.19. The van der Waals surface area contributed by atoms with E-state index in [0.717, 1.165) is 0 Å². The van der Waals surface area contributed by atoms with Crippen molar-refractivity contribution in [2.45, 2.75) is 0 Å². The van der Waals surface area contributed by atoms with Gasteiger partial charge in [-0.3, -0.25) is 9.59 Å². The number of benzene rings is 2. The molecular formula is C18H12ClN3O4. The van der Waals surface area contributed by atoms with Gasteiger partial charge in [-0.05, 0) is 17.7 Å². The monoisotopic (exact) mass is 369 g/mol. The Labute approximate surface area is 151 Å². The molecule has 4 rings (SSSR count). The van der Waals surface area contributed by atoms with Gasteiger partial charge in [0.1, 0.15) is 0 Å². The third-order valence-corrected chi connectivity index (χ3v) is 4.35. The molecule has 0 fully saturated rings. The number of aromatic nitrogens is 1. The number of nitrogens with zero attached hydrogens (tertiary/aromatic N) is 2. The predicted octanol–water partition coefficient (Wildman–Crippen LogP) is 2.78. The average molecular weight is 370 g/mol. The number of anilines is 1. The maximum atomic E-state index is 13.3. The second kappa shape index (κ2) is 5.96. The van der Waals surface area contributed by atoms with Crippen LogP contribution < -0.4 is 25.8 Å². The van der Waals surface area contributed by atoms with Crippen LogP contribution in [0, 0.1) is 0 Å². The number of halogens is 1. The lowest BCUT2D eigenvalue weighted by atomic mass is 10.0. The normalized spacial score (nSPS) is 12.5. The van der Waals surface area contributed by atoms with Crippen LogP contribution in [-0.2, 0) is 0 Å². The minimum Gasteiger partial charge on any atom is -0.493 e. The van der Waals surface area contributed by atoms with Crippen LogP contribution in [0.5, 0.6) is 11.5 Å². The van der Waals surface area contributed by atoms with Crippen molar-refractivity contribution in [3.8, 4) is 11.5 Å². The van der Waals surface area contributed by atoms with Crippen LogP contribution in [0.3, 0.4) is 0 Å². The number of nitrogens with one attached hydrogen (secondary N) is 1. The molecule has 1 aliphatic heterocycles. The fourth-order valence-corrected chi connectivity index (χ4v) is 3.25. The van der Waals surface area contributed by atoms with Crippen LogP contribution in [0.2, 0.25) is 0 Å². The van der Waals surface area contributed by atoms with Gasteiger partial charge in [0, 0.05) is 11.5 Å². The summed E-state index contributed by atoms with van der Waals surface area (Å²) in [6.45, 7) is 0. The van der Waals surface area contributed by atoms with Gasteiger partial charge in [-0.15, -0.1) is 0 Å². The van der Waals surface area contributed by atoms with E-state index in [1.807, 2.05) is 0 Å². The van der Waals surface area contributed by atoms with Gasteiger partial charge in [-0.1, -0.05) is 18.2 Å². The molecule has 0 amide bonds. The minimum atomic E-state index is -0.564. The number of rotatable bonds is 2. The summed E-state index contributed by atoms with van der Waals surface area (Å²) < 4.78 is 10.8. The van der Waals surface area contributed by atoms with Crippen LogP contribution in [0.1, 0.15) is 0 Å². The van der Waals surface area contributed by atoms with Gasteiger partial charge in [-0.25, -0.2) is 0 Å². The van der Waals surface area contributed by atoms with Crippen LogP contribution in [-0.4, -0.2) is 24.5 Å². The van der Waals surface area contributed by atoms with Gasteiger partial charge in [-0.2, -0.15) is 9.98 Å². The molecule has 0 spiro atoms. The molecule has 2 aromatic carbocycles. The molecule has 0 unspecified atom stereocenters. The molecule has 26 heavy (non-hydrogen) atoms. The molecule has 1 aromatic heterocycles. The van der Waals surface area contributed by atoms with E-state index in [1.54, 1.807) is 30.3 Å². The first-order chi connectivity index (χ1) is 12.5. The maximum Gasteiger partial charge on any atom is 0.279 e. The van der Waals surface area contributed by atoms with Crippen molar-refractivity contribution in [3.63, 3.8) is 0 Å². The summed E-state index contributed by atoms with van der Waals surface area (Å²) in [6, 6.07) is 8.09. The molecule has 0 saturated heterocycles. The van der Waals surface area contributed by atoms with Gasteiger partial charge < -0.3 is 14.8 Å². The largest absolute Gasteiger partial charge is 0.493 e. The third-order valence-electron chi connectivity index (χ3n) is 4.17. The number of fused-ring (bicyclic) bond motifs is 1. The molecule has 0 radical (unpaired) electrons. The molecule has 3 aromatic rings. The standard InChI is InChI=1S/C18H12ClN3O4/c1-25-11-7-10-12-13(15(11)26-2)14(23)8-5-3-4-6-9(8)17(24)21-16(12)22-18(19)20-10/h3-7H,1-2H3,(H,20,21,22,24). The summed E-state index contributed by atoms with van der Waals surface area (Å²) in [5, 5.41) is 3.87. The van der Waals surface area contributed by atoms with Crippen LogP contribution in [0.25, 0.3) is 21.5 Å². The van der Waals surface area contributed by atoms with Crippen LogP contribution >= 0.6 is 11.6 Å². The van der Waals surface area contributed by atoms with Gasteiger partial charge >= 0.3 is 0 Å². The summed E-state index contributed by atoms with van der Waals surface area (Å²) in [5.74, 6) is 0.632. The number of hydrogen-bond donors (Lipinski definition) is 1. The highest BCUT2D eigenvalue weighted by Crippen LogP contribution is 2.43. The quantitative estimate of drug-likeness (QED) is 0.698. The van der Waals surface area contributed by atoms with Gasteiger partial charge in [0.15, 0.2) is 22.7 Å². The molecule has 8 heteroatoms. The van der Waals surface area contributed by atoms with E-state index in [-0.39, 0.29) is 38.4 Å². The zero-order valence-electron chi connectivity index (χ0n) is 13.8. The van der Waals surface area contributed by atoms with Crippen molar-refractivity contribution in [1.82, 2.24) is 4.98 Å². The van der Waals surface area contributed by atoms with Crippen molar-refractivity contribution in [2.75, 3.05) is 19.5 Å². The number of ether oxygens (including phenoxy) is 2. The highest BCUT2D eigenvalue weighted by atomic mass is 35.5. The minimum absolute atomic E-state index is 0.0310. The summed E-state index contributed by atoms with van der Waals surface area (Å²) in [4.78, 5) is 34.1. The van der Waals surface area contributed by atoms with Crippen molar-refractivity contribution in [1.29, 1.82) is 0 Å². The number of amidine groups is 1. The smallest absolute Gasteiger partial charge is 0.279 e. The molecule has 130 valence electrons. The predicted molar refractivity (Wildman–Crippen MR) is 101 cm³/mol. The first-order valence-electron chi connectivity index (χ1n) is 7.62. The van der Waals surface area contributed by atoms with E-state index >= 15 is 0 Å². The zero-order valence-corrected chi connectivity index (χ0v) is 14.5. The number of hydrogen-bond acceptors (Lipinski definition) is 7. The summed E-state index contributed by atoms with van der Waals surface area (Å²) in [6.07, 6.45) is 0. The van der Waals surface area contributed by atoms with Crippen LogP contribution in [0.15, 0.2) is 44.9 Å². The highest BCUT2D eigenvalue weighted by molar-refractivity contribution is 6.68. The van der Waals surface area contributed by atoms with E-state index < -0.39 is 5.56 Å². The molecule has 0 atom stereocenters. The van der Waals surface area contributed by atoms with Crippen molar-refractivity contribution in [2.24, 2.45) is 4.99 Å². The van der Waals surface area contributed by atoms with Gasteiger partial charge in [0.05, 0.1) is 36.1 Å². The fraction of sp³-hybridized carbons (Fsp3) is 0.111. The number of aliphatic imine (C=N–C) groups is 1. The molecule has 7 nitrogen and oxygen atoms in total. The summed E-state index contributed by atoms with van der Waals surface area (Å²) >= 11 is 6.03. The topological polar surface area (TPSA) is 89.9 Å². The van der Waals surface area contributed by atoms with E-state index in [0.29, 0.717) is 16.8 Å². The lowest BCUT2D eigenvalue weighted by molar-refractivity contribution is 0.358. The number of methoxy groups -OCH3 is 2. The first kappa shape index (κ1) is 16.3. The van der Waals surface area contributed by atoms with Crippen molar-refractivity contribution >= 4 is 49.9 Å². The second-order valence-electron chi connectivity index (χ2n) is 5.55. The summed E-state index contributed by atoms with van der Waals surface area (Å²) in [5.41, 5.74) is -0.495. The summed E-state index contributed by atoms with van der Waals surface area (Å²) in [7, 11) is 2.91. The Balaban J connectivity index is 2.43. The van der Waals surface area contributed by atoms with Gasteiger partial charge in [0.25, 0.3) is 5.56 Å². The Morgan fingerprint density at radius 3 is 2.46 bits per heavy atom. The Kier molecular flexibility index (Phi) is 3.73. The molecule has 0 bridgehead atoms. The zero-order chi connectivity index (χ0) is 18.4. The van der Waals surface area contributed by atoms with Gasteiger partial charge in [0.2, 0.25) is 5.29 Å². The highest BCUT2D eigenvalue weighted by Gasteiger charge is 2.23. The second-order valence-corrected chi connectivity index (χ2v) is 5.91. The molecule has 0 saturated carbocycles. The third kappa shape index (κ3) is 2.28. The van der Waals surface area contributed by atoms with Crippen molar-refractivity contribution in [3.05, 3.63) is 50.9 Å². The molecule has 0 aliphatic carbocycles. The maximum absolute atomic E-state index is 13.3. The Bertz CT molecular complexity index is 1240. The lowest BCUT2D eigenvalue weighted by Crippen LogP contribution is -2.15. The Morgan fingerprint density at radius 2 is 1.77 bits per heavy atom. The lowest BCUT2D eigenvalue weighted by Gasteiger charge is -2.18. The molecule has 1 N–H and O–H groups in total. The first-order valence-corrected chi connectivity index (χ1v) is 8.00. The molecule has 2 heterocycles. The van der Waals surface area contributed by atoms with E-state index in [1.165, 1.54) is 14.2 Å². The average Bonchev–Trinajstić information content (AvgIpc) is 2.64. The fourth-order valence-electron chi connectivity index (χ4n) is 3.07. The van der Waals surface area contributed by atoms with E-state index in [2.05, 4.69) is 15.3 Å². The Morgan fingerprint density at radius 1 is 1.04 bits per heavy atom. The van der Waals surface area contributed by atoms with E-state index in [4.69, 9.17) is 21.1 Å². The molecule has 1 aliphatic rings. The van der Waals surface area contributed by atoms with Crippen molar-refractivity contribution < 1.29 is 9.47 Å².